The minimum Gasteiger partial charge on any atom is -0.430 e. The minimum atomic E-state index is -1.21. The third-order valence-corrected chi connectivity index (χ3v) is 3.65. The van der Waals surface area contributed by atoms with Crippen molar-refractivity contribution in [3.8, 4) is 0 Å². The van der Waals surface area contributed by atoms with Gasteiger partial charge >= 0.3 is 6.09 Å². The van der Waals surface area contributed by atoms with Crippen molar-refractivity contribution in [1.29, 1.82) is 0 Å². The largest absolute Gasteiger partial charge is 0.430 e. The second-order valence-corrected chi connectivity index (χ2v) is 5.02. The van der Waals surface area contributed by atoms with Crippen LogP contribution in [-0.4, -0.2) is 29.9 Å². The standard InChI is InChI=1S/C15H19NO3/c1-12(17)15(2,13-8-4-3-5-9-13)19-14(18)16-10-6-7-11-16/h3-5,8-9H,6-7,10-11H2,1-2H3. The molecule has 0 aliphatic carbocycles. The Morgan fingerprint density at radius 2 is 1.74 bits per heavy atom. The maximum Gasteiger partial charge on any atom is 0.411 e. The van der Waals surface area contributed by atoms with Crippen LogP contribution in [-0.2, 0) is 15.1 Å². The predicted molar refractivity (Wildman–Crippen MR) is 71.8 cm³/mol. The Hall–Kier alpha value is -1.84. The van der Waals surface area contributed by atoms with Crippen LogP contribution in [0.15, 0.2) is 30.3 Å². The van der Waals surface area contributed by atoms with Crippen molar-refractivity contribution < 1.29 is 14.3 Å². The van der Waals surface area contributed by atoms with Gasteiger partial charge in [0, 0.05) is 18.7 Å². The summed E-state index contributed by atoms with van der Waals surface area (Å²) in [5.41, 5.74) is -0.504. The molecule has 0 bridgehead atoms. The zero-order valence-corrected chi connectivity index (χ0v) is 11.4. The topological polar surface area (TPSA) is 46.6 Å². The monoisotopic (exact) mass is 261 g/mol. The fourth-order valence-corrected chi connectivity index (χ4v) is 2.23. The molecule has 1 fully saturated rings. The van der Waals surface area contributed by atoms with Crippen LogP contribution in [0.1, 0.15) is 32.3 Å². The summed E-state index contributed by atoms with van der Waals surface area (Å²) in [5, 5.41) is 0. The number of amides is 1. The number of Topliss-reactive ketones (excluding diaryl/α,β-unsaturated/α-hetero) is 1. The minimum absolute atomic E-state index is 0.175. The lowest BCUT2D eigenvalue weighted by Gasteiger charge is -2.29. The van der Waals surface area contributed by atoms with E-state index in [0.29, 0.717) is 18.7 Å². The molecule has 1 aliphatic rings. The second kappa shape index (κ2) is 5.43. The highest BCUT2D eigenvalue weighted by molar-refractivity contribution is 5.88. The summed E-state index contributed by atoms with van der Waals surface area (Å²) in [5.74, 6) is -0.175. The van der Waals surface area contributed by atoms with Crippen LogP contribution in [0, 0.1) is 0 Å². The first-order chi connectivity index (χ1) is 9.04. The lowest BCUT2D eigenvalue weighted by atomic mass is 9.92. The molecule has 0 N–H and O–H groups in total. The summed E-state index contributed by atoms with van der Waals surface area (Å²) >= 11 is 0. The molecule has 1 saturated heterocycles. The van der Waals surface area contributed by atoms with Gasteiger partial charge < -0.3 is 9.64 Å². The quantitative estimate of drug-likeness (QED) is 0.840. The van der Waals surface area contributed by atoms with Crippen LogP contribution in [0.2, 0.25) is 0 Å². The molecule has 1 aromatic carbocycles. The van der Waals surface area contributed by atoms with E-state index in [-0.39, 0.29) is 5.78 Å². The fourth-order valence-electron chi connectivity index (χ4n) is 2.23. The number of carbonyl (C=O) groups excluding carboxylic acids is 2. The van der Waals surface area contributed by atoms with Gasteiger partial charge in [-0.2, -0.15) is 0 Å². The zero-order valence-electron chi connectivity index (χ0n) is 11.4. The maximum absolute atomic E-state index is 12.1. The van der Waals surface area contributed by atoms with E-state index in [1.807, 2.05) is 18.2 Å². The Bertz CT molecular complexity index is 466. The summed E-state index contributed by atoms with van der Waals surface area (Å²) in [4.78, 5) is 25.7. The van der Waals surface area contributed by atoms with Gasteiger partial charge in [-0.1, -0.05) is 30.3 Å². The van der Waals surface area contributed by atoms with Gasteiger partial charge in [0.15, 0.2) is 11.4 Å². The molecular formula is C15H19NO3. The third kappa shape index (κ3) is 2.78. The Kier molecular flexibility index (Phi) is 3.88. The van der Waals surface area contributed by atoms with E-state index in [4.69, 9.17) is 4.74 Å². The Morgan fingerprint density at radius 3 is 2.26 bits per heavy atom. The average molecular weight is 261 g/mol. The lowest BCUT2D eigenvalue weighted by Crippen LogP contribution is -2.41. The van der Waals surface area contributed by atoms with Crippen LogP contribution in [0.5, 0.6) is 0 Å². The van der Waals surface area contributed by atoms with Crippen LogP contribution in [0.25, 0.3) is 0 Å². The van der Waals surface area contributed by atoms with Gasteiger partial charge in [-0.3, -0.25) is 4.79 Å². The summed E-state index contributed by atoms with van der Waals surface area (Å²) in [6, 6.07) is 9.14. The van der Waals surface area contributed by atoms with E-state index in [2.05, 4.69) is 0 Å². The maximum atomic E-state index is 12.1. The Labute approximate surface area is 113 Å². The van der Waals surface area contributed by atoms with Gasteiger partial charge in [-0.25, -0.2) is 4.79 Å². The van der Waals surface area contributed by atoms with Crippen molar-refractivity contribution in [2.24, 2.45) is 0 Å². The van der Waals surface area contributed by atoms with E-state index in [0.717, 1.165) is 12.8 Å². The van der Waals surface area contributed by atoms with Crippen LogP contribution >= 0.6 is 0 Å². The molecule has 0 saturated carbocycles. The van der Waals surface area contributed by atoms with E-state index in [9.17, 15) is 9.59 Å². The number of likely N-dealkylation sites (tertiary alicyclic amines) is 1. The van der Waals surface area contributed by atoms with Gasteiger partial charge in [-0.05, 0) is 26.7 Å². The van der Waals surface area contributed by atoms with Gasteiger partial charge in [0.1, 0.15) is 0 Å². The summed E-state index contributed by atoms with van der Waals surface area (Å²) < 4.78 is 5.51. The third-order valence-electron chi connectivity index (χ3n) is 3.65. The highest BCUT2D eigenvalue weighted by atomic mass is 16.6. The number of hydrogen-bond donors (Lipinski definition) is 0. The van der Waals surface area contributed by atoms with Gasteiger partial charge in [0.25, 0.3) is 0 Å². The van der Waals surface area contributed by atoms with Crippen LogP contribution in [0.3, 0.4) is 0 Å². The first-order valence-corrected chi connectivity index (χ1v) is 6.58. The molecule has 0 aromatic heterocycles. The molecule has 1 aliphatic heterocycles. The fraction of sp³-hybridized carbons (Fsp3) is 0.467. The molecule has 2 rings (SSSR count). The summed E-state index contributed by atoms with van der Waals surface area (Å²) in [7, 11) is 0. The van der Waals surface area contributed by atoms with Gasteiger partial charge in [0.2, 0.25) is 0 Å². The number of hydrogen-bond acceptors (Lipinski definition) is 3. The van der Waals surface area contributed by atoms with Crippen molar-refractivity contribution >= 4 is 11.9 Å². The van der Waals surface area contributed by atoms with Gasteiger partial charge in [-0.15, -0.1) is 0 Å². The number of carbonyl (C=O) groups is 2. The molecule has 1 heterocycles. The highest BCUT2D eigenvalue weighted by Gasteiger charge is 2.38. The summed E-state index contributed by atoms with van der Waals surface area (Å²) in [6.45, 7) is 4.52. The number of ether oxygens (including phenoxy) is 1. The number of rotatable bonds is 3. The molecule has 0 radical (unpaired) electrons. The highest BCUT2D eigenvalue weighted by Crippen LogP contribution is 2.28. The van der Waals surface area contributed by atoms with E-state index in [1.165, 1.54) is 6.92 Å². The van der Waals surface area contributed by atoms with Crippen molar-refractivity contribution in [1.82, 2.24) is 4.90 Å². The molecule has 4 heteroatoms. The number of nitrogens with zero attached hydrogens (tertiary/aromatic N) is 1. The van der Waals surface area contributed by atoms with Gasteiger partial charge in [0.05, 0.1) is 0 Å². The predicted octanol–water partition coefficient (Wildman–Crippen LogP) is 2.72. The van der Waals surface area contributed by atoms with Crippen molar-refractivity contribution in [3.05, 3.63) is 35.9 Å². The Balaban J connectivity index is 2.20. The molecular weight excluding hydrogens is 242 g/mol. The van der Waals surface area contributed by atoms with Crippen molar-refractivity contribution in [2.45, 2.75) is 32.3 Å². The molecule has 4 nitrogen and oxygen atoms in total. The molecule has 0 spiro atoms. The second-order valence-electron chi connectivity index (χ2n) is 5.02. The number of benzene rings is 1. The Morgan fingerprint density at radius 1 is 1.16 bits per heavy atom. The lowest BCUT2D eigenvalue weighted by molar-refractivity contribution is -0.135. The SMILES string of the molecule is CC(=O)C(C)(OC(=O)N1CCCC1)c1ccccc1. The number of ketones is 1. The van der Waals surface area contributed by atoms with Crippen LogP contribution < -0.4 is 0 Å². The zero-order chi connectivity index (χ0) is 13.9. The molecule has 1 aromatic rings. The first kappa shape index (κ1) is 13.6. The molecule has 1 unspecified atom stereocenters. The first-order valence-electron chi connectivity index (χ1n) is 6.58. The molecule has 19 heavy (non-hydrogen) atoms. The normalized spacial score (nSPS) is 17.9. The molecule has 1 amide bonds. The van der Waals surface area contributed by atoms with E-state index in [1.54, 1.807) is 24.0 Å². The van der Waals surface area contributed by atoms with Crippen molar-refractivity contribution in [2.75, 3.05) is 13.1 Å². The average Bonchev–Trinajstić information content (AvgIpc) is 2.93. The molecule has 102 valence electrons. The van der Waals surface area contributed by atoms with E-state index >= 15 is 0 Å². The summed E-state index contributed by atoms with van der Waals surface area (Å²) in [6.07, 6.45) is 1.59. The van der Waals surface area contributed by atoms with Crippen molar-refractivity contribution in [3.63, 3.8) is 0 Å². The van der Waals surface area contributed by atoms with Crippen LogP contribution in [0.4, 0.5) is 4.79 Å². The smallest absolute Gasteiger partial charge is 0.411 e. The molecule has 1 atom stereocenters. The van der Waals surface area contributed by atoms with E-state index < -0.39 is 11.7 Å².